The van der Waals surface area contributed by atoms with Gasteiger partial charge in [0.15, 0.2) is 0 Å². The molecule has 40 heavy (non-hydrogen) atoms. The van der Waals surface area contributed by atoms with Gasteiger partial charge in [-0.15, -0.1) is 0 Å². The van der Waals surface area contributed by atoms with Crippen molar-refractivity contribution in [3.8, 4) is 0 Å². The molecule has 0 aliphatic heterocycles. The molecular formula is C25H47N7O8. The van der Waals surface area contributed by atoms with Crippen LogP contribution in [-0.4, -0.2) is 99.3 Å². The van der Waals surface area contributed by atoms with E-state index >= 15 is 0 Å². The molecule has 0 saturated heterocycles. The molecule has 0 saturated carbocycles. The zero-order chi connectivity index (χ0) is 29.8. The lowest BCUT2D eigenvalue weighted by Gasteiger charge is -2.11. The highest BCUT2D eigenvalue weighted by Gasteiger charge is 2.07. The Hall–Kier alpha value is -3.30. The van der Waals surface area contributed by atoms with Crippen molar-refractivity contribution >= 4 is 35.8 Å². The summed E-state index contributed by atoms with van der Waals surface area (Å²) in [7, 11) is 0. The summed E-state index contributed by atoms with van der Waals surface area (Å²) in [6, 6.07) is 0. The van der Waals surface area contributed by atoms with Crippen molar-refractivity contribution < 1.29 is 39.5 Å². The van der Waals surface area contributed by atoms with Crippen LogP contribution >= 0.6 is 0 Å². The standard InChI is InChI=1S/C21H36N6O6.C4H11NO2/c28-16(29)10-4-1-7-13-22-19-25-20(23-14-8-2-5-11-17(30)31)27-21(26-19)24-15-9-3-6-12-18(32)33;5-1-3-7-4-2-6/h1-15H2,(H,28,29)(H,30,31)(H,32,33)(H3,22,23,24,25,26,27);6H,1-5H2. The Kier molecular flexibility index (Phi) is 23.8. The van der Waals surface area contributed by atoms with E-state index in [1.54, 1.807) is 0 Å². The second kappa shape index (κ2) is 26.0. The minimum absolute atomic E-state index is 0.0833. The molecule has 1 rings (SSSR count). The molecular weight excluding hydrogens is 526 g/mol. The number of rotatable bonds is 25. The van der Waals surface area contributed by atoms with Gasteiger partial charge in [-0.25, -0.2) is 0 Å². The molecule has 0 amide bonds. The summed E-state index contributed by atoms with van der Waals surface area (Å²) in [6.45, 7) is 3.37. The molecule has 0 atom stereocenters. The molecule has 0 aliphatic carbocycles. The van der Waals surface area contributed by atoms with Crippen molar-refractivity contribution in [2.45, 2.75) is 77.0 Å². The number of aromatic nitrogens is 3. The monoisotopic (exact) mass is 573 g/mol. The normalized spacial score (nSPS) is 10.3. The van der Waals surface area contributed by atoms with Crippen LogP contribution < -0.4 is 21.7 Å². The number of aliphatic hydroxyl groups is 1. The van der Waals surface area contributed by atoms with E-state index in [0.29, 0.717) is 76.5 Å². The number of hydrogen-bond donors (Lipinski definition) is 8. The average Bonchev–Trinajstić information content (AvgIpc) is 2.90. The van der Waals surface area contributed by atoms with Crippen LogP contribution in [0, 0.1) is 0 Å². The number of nitrogens with two attached hydrogens (primary N) is 1. The van der Waals surface area contributed by atoms with Crippen LogP contribution in [0.1, 0.15) is 77.0 Å². The van der Waals surface area contributed by atoms with Gasteiger partial charge in [0.05, 0.1) is 19.8 Å². The van der Waals surface area contributed by atoms with Crippen molar-refractivity contribution in [2.75, 3.05) is 62.0 Å². The number of unbranched alkanes of at least 4 members (excludes halogenated alkanes) is 6. The van der Waals surface area contributed by atoms with Gasteiger partial charge in [0.25, 0.3) is 0 Å². The third-order valence-electron chi connectivity index (χ3n) is 5.18. The zero-order valence-electron chi connectivity index (χ0n) is 23.3. The Labute approximate surface area is 235 Å². The van der Waals surface area contributed by atoms with Gasteiger partial charge in [0, 0.05) is 45.4 Å². The number of aliphatic hydroxyl groups excluding tert-OH is 1. The smallest absolute Gasteiger partial charge is 0.303 e. The van der Waals surface area contributed by atoms with Gasteiger partial charge in [0.2, 0.25) is 17.8 Å². The first-order valence-corrected chi connectivity index (χ1v) is 13.8. The summed E-state index contributed by atoms with van der Waals surface area (Å²) in [6.07, 6.45) is 7.07. The van der Waals surface area contributed by atoms with Crippen molar-refractivity contribution in [1.29, 1.82) is 0 Å². The number of anilines is 3. The van der Waals surface area contributed by atoms with Crippen LogP contribution in [0.15, 0.2) is 0 Å². The van der Waals surface area contributed by atoms with E-state index < -0.39 is 17.9 Å². The number of hydrogen-bond acceptors (Lipinski definition) is 12. The van der Waals surface area contributed by atoms with Gasteiger partial charge in [-0.1, -0.05) is 19.3 Å². The van der Waals surface area contributed by atoms with E-state index in [2.05, 4.69) is 30.9 Å². The van der Waals surface area contributed by atoms with Gasteiger partial charge in [-0.3, -0.25) is 14.4 Å². The number of nitrogens with zero attached hydrogens (tertiary/aromatic N) is 3. The van der Waals surface area contributed by atoms with Crippen LogP contribution in [-0.2, 0) is 19.1 Å². The number of carboxylic acids is 3. The number of carbonyl (C=O) groups is 3. The Morgan fingerprint density at radius 2 is 0.950 bits per heavy atom. The molecule has 0 aliphatic rings. The van der Waals surface area contributed by atoms with Crippen molar-refractivity contribution in [2.24, 2.45) is 5.73 Å². The van der Waals surface area contributed by atoms with Crippen molar-refractivity contribution in [3.63, 3.8) is 0 Å². The number of carboxylic acid groups (broad SMARTS) is 3. The third kappa shape index (κ3) is 25.0. The van der Waals surface area contributed by atoms with Gasteiger partial charge in [-0.05, 0) is 38.5 Å². The fourth-order valence-corrected chi connectivity index (χ4v) is 3.20. The third-order valence-corrected chi connectivity index (χ3v) is 5.18. The maximum atomic E-state index is 10.6. The maximum Gasteiger partial charge on any atom is 0.303 e. The van der Waals surface area contributed by atoms with E-state index in [1.165, 1.54) is 0 Å². The van der Waals surface area contributed by atoms with Crippen LogP contribution in [0.3, 0.4) is 0 Å². The Balaban J connectivity index is 0.00000191. The maximum absolute atomic E-state index is 10.6. The fourth-order valence-electron chi connectivity index (χ4n) is 3.20. The minimum atomic E-state index is -0.794. The quantitative estimate of drug-likeness (QED) is 0.0780. The van der Waals surface area contributed by atoms with Crippen molar-refractivity contribution in [3.05, 3.63) is 0 Å². The lowest BCUT2D eigenvalue weighted by Crippen LogP contribution is -2.14. The SMILES string of the molecule is NCCOCCO.O=C(O)CCCCCNc1nc(NCCCCCC(=O)O)nc(NCCCCCC(=O)O)n1. The first-order valence-electron chi connectivity index (χ1n) is 13.8. The van der Waals surface area contributed by atoms with Crippen molar-refractivity contribution in [1.82, 2.24) is 15.0 Å². The number of nitrogens with one attached hydrogen (secondary N) is 3. The predicted molar refractivity (Wildman–Crippen MR) is 151 cm³/mol. The molecule has 15 nitrogen and oxygen atoms in total. The predicted octanol–water partition coefficient (Wildman–Crippen LogP) is 2.00. The van der Waals surface area contributed by atoms with E-state index in [9.17, 15) is 14.4 Å². The number of ether oxygens (including phenoxy) is 1. The molecule has 1 aromatic rings. The van der Waals surface area contributed by atoms with E-state index in [4.69, 9.17) is 30.9 Å². The molecule has 1 heterocycles. The Morgan fingerprint density at radius 1 is 0.600 bits per heavy atom. The Bertz CT molecular complexity index is 706. The van der Waals surface area contributed by atoms with Crippen LogP contribution in [0.25, 0.3) is 0 Å². The molecule has 0 bridgehead atoms. The Morgan fingerprint density at radius 3 is 1.23 bits per heavy atom. The topological polar surface area (TPSA) is 242 Å². The zero-order valence-corrected chi connectivity index (χ0v) is 23.3. The fraction of sp³-hybridized carbons (Fsp3) is 0.760. The molecule has 0 spiro atoms. The van der Waals surface area contributed by atoms with Crippen LogP contribution in [0.5, 0.6) is 0 Å². The lowest BCUT2D eigenvalue weighted by atomic mass is 10.2. The molecule has 1 aromatic heterocycles. The first kappa shape index (κ1) is 36.7. The van der Waals surface area contributed by atoms with E-state index in [0.717, 1.165) is 38.5 Å². The summed E-state index contributed by atoms with van der Waals surface area (Å²) in [4.78, 5) is 44.8. The van der Waals surface area contributed by atoms with Crippen LogP contribution in [0.4, 0.5) is 17.8 Å². The van der Waals surface area contributed by atoms with E-state index in [-0.39, 0.29) is 25.9 Å². The number of aliphatic carboxylic acids is 3. The summed E-state index contributed by atoms with van der Waals surface area (Å²) >= 11 is 0. The van der Waals surface area contributed by atoms with Gasteiger partial charge < -0.3 is 46.8 Å². The molecule has 9 N–H and O–H groups in total. The van der Waals surface area contributed by atoms with E-state index in [1.807, 2.05) is 0 Å². The summed E-state index contributed by atoms with van der Waals surface area (Å²) in [5, 5.41) is 43.6. The molecule has 230 valence electrons. The second-order valence-electron chi connectivity index (χ2n) is 8.82. The highest BCUT2D eigenvalue weighted by Crippen LogP contribution is 2.11. The molecule has 0 fully saturated rings. The molecule has 0 aromatic carbocycles. The highest BCUT2D eigenvalue weighted by molar-refractivity contribution is 5.67. The van der Waals surface area contributed by atoms with Gasteiger partial charge in [0.1, 0.15) is 0 Å². The second-order valence-corrected chi connectivity index (χ2v) is 8.82. The molecule has 0 unspecified atom stereocenters. The first-order chi connectivity index (χ1) is 19.3. The highest BCUT2D eigenvalue weighted by atomic mass is 16.5. The van der Waals surface area contributed by atoms with Gasteiger partial charge in [-0.2, -0.15) is 15.0 Å². The summed E-state index contributed by atoms with van der Waals surface area (Å²) in [5.74, 6) is -1.16. The molecule has 15 heteroatoms. The minimum Gasteiger partial charge on any atom is -0.481 e. The summed E-state index contributed by atoms with van der Waals surface area (Å²) in [5.41, 5.74) is 5.06. The van der Waals surface area contributed by atoms with Crippen LogP contribution in [0.2, 0.25) is 0 Å². The molecule has 0 radical (unpaired) electrons. The largest absolute Gasteiger partial charge is 0.481 e. The summed E-state index contributed by atoms with van der Waals surface area (Å²) < 4.78 is 4.76. The van der Waals surface area contributed by atoms with Gasteiger partial charge >= 0.3 is 17.9 Å². The lowest BCUT2D eigenvalue weighted by molar-refractivity contribution is -0.138. The average molecular weight is 574 g/mol.